The molecule has 0 saturated heterocycles. The fraction of sp³-hybridized carbons (Fsp3) is 0.450. The smallest absolute Gasteiger partial charge is 0.407 e. The predicted octanol–water partition coefficient (Wildman–Crippen LogP) is 9.29. The van der Waals surface area contributed by atoms with E-state index in [1.54, 1.807) is 34.0 Å². The minimum atomic E-state index is -0.663. The summed E-state index contributed by atoms with van der Waals surface area (Å²) in [7, 11) is 1.69. The first-order valence-electron chi connectivity index (χ1n) is 17.3. The van der Waals surface area contributed by atoms with Crippen LogP contribution in [0, 0.1) is 5.92 Å². The molecule has 51 heavy (non-hydrogen) atoms. The monoisotopic (exact) mass is 758 g/mol. The highest BCUT2D eigenvalue weighted by molar-refractivity contribution is 6.37. The van der Waals surface area contributed by atoms with Gasteiger partial charge in [0.15, 0.2) is 5.75 Å². The maximum Gasteiger partial charge on any atom is 0.407 e. The van der Waals surface area contributed by atoms with Gasteiger partial charge in [-0.15, -0.1) is 6.58 Å². The molecular formula is C40H49Cl3N2O6. The lowest BCUT2D eigenvalue weighted by molar-refractivity contribution is -0.136. The van der Waals surface area contributed by atoms with E-state index in [-0.39, 0.29) is 31.7 Å². The zero-order valence-corrected chi connectivity index (χ0v) is 32.2. The minimum absolute atomic E-state index is 0.0401. The van der Waals surface area contributed by atoms with Crippen LogP contribution in [0.15, 0.2) is 67.3 Å². The van der Waals surface area contributed by atoms with Crippen molar-refractivity contribution in [1.29, 1.82) is 0 Å². The summed E-state index contributed by atoms with van der Waals surface area (Å²) in [5, 5.41) is 4.33. The number of rotatable bonds is 19. The van der Waals surface area contributed by atoms with Crippen LogP contribution in [0.1, 0.15) is 62.3 Å². The minimum Gasteiger partial charge on any atom is -0.490 e. The summed E-state index contributed by atoms with van der Waals surface area (Å²) in [5.41, 5.74) is 3.28. The zero-order valence-electron chi connectivity index (χ0n) is 29.9. The van der Waals surface area contributed by atoms with Gasteiger partial charge in [0.25, 0.3) is 0 Å². The highest BCUT2D eigenvalue weighted by Gasteiger charge is 2.36. The highest BCUT2D eigenvalue weighted by Crippen LogP contribution is 2.35. The summed E-state index contributed by atoms with van der Waals surface area (Å²) in [6.07, 6.45) is 5.90. The summed E-state index contributed by atoms with van der Waals surface area (Å²) < 4.78 is 22.4. The first-order chi connectivity index (χ1) is 24.4. The van der Waals surface area contributed by atoms with Gasteiger partial charge in [-0.1, -0.05) is 65.1 Å². The lowest BCUT2D eigenvalue weighted by Gasteiger charge is -2.29. The number of carbonyl (C=O) groups excluding carboxylic acids is 2. The molecule has 1 atom stereocenters. The van der Waals surface area contributed by atoms with Crippen molar-refractivity contribution in [3.05, 3.63) is 105 Å². The molecule has 0 heterocycles. The standard InChI is InChI=1S/C40H49Cl3N2O6/c1-6-8-29-23-35(42)37(36(43)24-29)50-20-19-49-33-15-10-28(11-16-33)21-30(25-44-39(47)51-40(2,3)4)38(46)45(32-13-14-32)26-31-22-27(9-7-18-48-5)12-17-34(31)41/h6,10-12,15-17,22-24,30,32H,1,7-9,13-14,18-21,25-26H2,2-5H3,(H,44,47). The molecule has 1 aliphatic carbocycles. The molecule has 276 valence electrons. The van der Waals surface area contributed by atoms with Gasteiger partial charge >= 0.3 is 6.09 Å². The van der Waals surface area contributed by atoms with Gasteiger partial charge < -0.3 is 29.2 Å². The van der Waals surface area contributed by atoms with Crippen LogP contribution in [0.2, 0.25) is 15.1 Å². The molecule has 0 aliphatic heterocycles. The van der Waals surface area contributed by atoms with E-state index in [1.807, 2.05) is 53.4 Å². The van der Waals surface area contributed by atoms with Gasteiger partial charge in [-0.2, -0.15) is 0 Å². The number of ether oxygens (including phenoxy) is 4. The third-order valence-corrected chi connectivity index (χ3v) is 9.15. The van der Waals surface area contributed by atoms with Crippen molar-refractivity contribution in [2.75, 3.05) is 33.5 Å². The Kier molecular flexibility index (Phi) is 15.4. The van der Waals surface area contributed by atoms with Gasteiger partial charge in [-0.05, 0) is 112 Å². The van der Waals surface area contributed by atoms with E-state index >= 15 is 0 Å². The van der Waals surface area contributed by atoms with E-state index in [0.717, 1.165) is 47.9 Å². The number of aryl methyl sites for hydroxylation is 1. The Bertz CT molecular complexity index is 1600. The van der Waals surface area contributed by atoms with Gasteiger partial charge in [0.1, 0.15) is 24.6 Å². The van der Waals surface area contributed by atoms with Gasteiger partial charge in [0.2, 0.25) is 5.91 Å². The average molecular weight is 760 g/mol. The molecular weight excluding hydrogens is 711 g/mol. The van der Waals surface area contributed by atoms with Gasteiger partial charge in [-0.25, -0.2) is 4.79 Å². The first-order valence-corrected chi connectivity index (χ1v) is 18.5. The molecule has 8 nitrogen and oxygen atoms in total. The summed E-state index contributed by atoms with van der Waals surface area (Å²) in [4.78, 5) is 28.9. The predicted molar refractivity (Wildman–Crippen MR) is 204 cm³/mol. The molecule has 1 N–H and O–H groups in total. The Morgan fingerprint density at radius 1 is 0.922 bits per heavy atom. The van der Waals surface area contributed by atoms with Crippen molar-refractivity contribution >= 4 is 46.8 Å². The van der Waals surface area contributed by atoms with Crippen molar-refractivity contribution in [1.82, 2.24) is 10.2 Å². The number of carbonyl (C=O) groups is 2. The highest BCUT2D eigenvalue weighted by atomic mass is 35.5. The largest absolute Gasteiger partial charge is 0.490 e. The normalized spacial score (nSPS) is 13.3. The number of nitrogens with zero attached hydrogens (tertiary/aromatic N) is 1. The molecule has 11 heteroatoms. The van der Waals surface area contributed by atoms with E-state index in [4.69, 9.17) is 53.8 Å². The maximum atomic E-state index is 14.3. The van der Waals surface area contributed by atoms with E-state index in [0.29, 0.717) is 52.6 Å². The lowest BCUT2D eigenvalue weighted by atomic mass is 9.97. The molecule has 1 saturated carbocycles. The summed E-state index contributed by atoms with van der Waals surface area (Å²) in [6.45, 7) is 10.9. The van der Waals surface area contributed by atoms with Crippen LogP contribution < -0.4 is 14.8 Å². The van der Waals surface area contributed by atoms with Crippen LogP contribution >= 0.6 is 34.8 Å². The number of nitrogens with one attached hydrogen (secondary N) is 1. The van der Waals surface area contributed by atoms with Gasteiger partial charge in [-0.3, -0.25) is 4.79 Å². The third-order valence-electron chi connectivity index (χ3n) is 8.22. The fourth-order valence-corrected chi connectivity index (χ4v) is 6.45. The van der Waals surface area contributed by atoms with Crippen LogP contribution in [-0.2, 0) is 40.1 Å². The Morgan fingerprint density at radius 2 is 1.59 bits per heavy atom. The number of alkyl carbamates (subject to hydrolysis) is 1. The Balaban J connectivity index is 1.42. The molecule has 0 spiro atoms. The Hall–Kier alpha value is -3.43. The average Bonchev–Trinajstić information content (AvgIpc) is 3.91. The number of hydrogen-bond donors (Lipinski definition) is 1. The zero-order chi connectivity index (χ0) is 37.0. The van der Waals surface area contributed by atoms with Crippen molar-refractivity contribution in [2.24, 2.45) is 5.92 Å². The SMILES string of the molecule is C=CCc1cc(Cl)c(OCCOc2ccc(CC(CNC(=O)OC(C)(C)C)C(=O)N(Cc3cc(CCCOC)ccc3Cl)C3CC3)cc2)c(Cl)c1. The molecule has 1 unspecified atom stereocenters. The molecule has 0 bridgehead atoms. The summed E-state index contributed by atoms with van der Waals surface area (Å²) in [6, 6.07) is 17.3. The van der Waals surface area contributed by atoms with Crippen LogP contribution in [-0.4, -0.2) is 62.0 Å². The summed E-state index contributed by atoms with van der Waals surface area (Å²) in [5.74, 6) is 0.490. The van der Waals surface area contributed by atoms with Crippen LogP contribution in [0.5, 0.6) is 11.5 Å². The number of amides is 2. The molecule has 3 aromatic rings. The van der Waals surface area contributed by atoms with Crippen molar-refractivity contribution in [2.45, 2.75) is 77.5 Å². The van der Waals surface area contributed by atoms with Crippen LogP contribution in [0.25, 0.3) is 0 Å². The Morgan fingerprint density at radius 3 is 2.22 bits per heavy atom. The maximum absolute atomic E-state index is 14.3. The topological polar surface area (TPSA) is 86.3 Å². The first kappa shape index (κ1) is 40.3. The van der Waals surface area contributed by atoms with E-state index in [9.17, 15) is 9.59 Å². The third kappa shape index (κ3) is 13.2. The molecule has 2 amide bonds. The van der Waals surface area contributed by atoms with E-state index in [1.165, 1.54) is 0 Å². The molecule has 0 aromatic heterocycles. The molecule has 1 aliphatic rings. The van der Waals surface area contributed by atoms with Gasteiger partial charge in [0.05, 0.1) is 16.0 Å². The molecule has 1 fully saturated rings. The van der Waals surface area contributed by atoms with Crippen molar-refractivity contribution < 1.29 is 28.5 Å². The summed E-state index contributed by atoms with van der Waals surface area (Å²) >= 11 is 19.4. The number of hydrogen-bond acceptors (Lipinski definition) is 6. The Labute approximate surface area is 317 Å². The van der Waals surface area contributed by atoms with E-state index < -0.39 is 17.6 Å². The second kappa shape index (κ2) is 19.4. The number of allylic oxidation sites excluding steroid dienone is 1. The fourth-order valence-electron chi connectivity index (χ4n) is 5.63. The number of benzene rings is 3. The van der Waals surface area contributed by atoms with Crippen LogP contribution in [0.4, 0.5) is 4.79 Å². The van der Waals surface area contributed by atoms with Crippen molar-refractivity contribution in [3.8, 4) is 11.5 Å². The molecule has 4 rings (SSSR count). The number of methoxy groups -OCH3 is 1. The molecule has 0 radical (unpaired) electrons. The van der Waals surface area contributed by atoms with Crippen molar-refractivity contribution in [3.63, 3.8) is 0 Å². The van der Waals surface area contributed by atoms with Gasteiger partial charge in [0, 0.05) is 37.9 Å². The van der Waals surface area contributed by atoms with Crippen LogP contribution in [0.3, 0.4) is 0 Å². The lowest BCUT2D eigenvalue weighted by Crippen LogP contribution is -2.44. The van der Waals surface area contributed by atoms with E-state index in [2.05, 4.69) is 18.0 Å². The second-order valence-electron chi connectivity index (χ2n) is 13.7. The quantitative estimate of drug-likeness (QED) is 0.0969. The molecule has 3 aromatic carbocycles. The second-order valence-corrected chi connectivity index (χ2v) is 14.9. The number of halogens is 3.